The summed E-state index contributed by atoms with van der Waals surface area (Å²) in [6, 6.07) is 5.35. The standard InChI is InChI=1S/C16H23BrN2O3/c1-11-10-12(17)7-8-13(11)19-15(21)18-9-5-6-14(20)22-16(2,3)4/h7-8,10H,5-6,9H2,1-4H3,(H2,18,19,21). The Labute approximate surface area is 139 Å². The number of halogens is 1. The van der Waals surface area contributed by atoms with Gasteiger partial charge in [0.2, 0.25) is 0 Å². The minimum Gasteiger partial charge on any atom is -0.460 e. The predicted molar refractivity (Wildman–Crippen MR) is 91.0 cm³/mol. The zero-order chi connectivity index (χ0) is 16.8. The van der Waals surface area contributed by atoms with Gasteiger partial charge in [0, 0.05) is 23.1 Å². The average molecular weight is 371 g/mol. The quantitative estimate of drug-likeness (QED) is 0.607. The molecule has 2 N–H and O–H groups in total. The number of esters is 1. The lowest BCUT2D eigenvalue weighted by Crippen LogP contribution is -2.30. The van der Waals surface area contributed by atoms with Gasteiger partial charge in [0.1, 0.15) is 5.60 Å². The molecule has 0 aromatic heterocycles. The van der Waals surface area contributed by atoms with Crippen LogP contribution in [-0.2, 0) is 9.53 Å². The molecule has 2 amide bonds. The average Bonchev–Trinajstić information content (AvgIpc) is 2.36. The van der Waals surface area contributed by atoms with Gasteiger partial charge in [-0.3, -0.25) is 4.79 Å². The third-order valence-electron chi connectivity index (χ3n) is 2.70. The minimum atomic E-state index is -0.471. The fourth-order valence-electron chi connectivity index (χ4n) is 1.76. The van der Waals surface area contributed by atoms with E-state index in [-0.39, 0.29) is 18.4 Å². The second-order valence-electron chi connectivity index (χ2n) is 6.03. The van der Waals surface area contributed by atoms with Gasteiger partial charge in [0.15, 0.2) is 0 Å². The van der Waals surface area contributed by atoms with Crippen molar-refractivity contribution >= 4 is 33.6 Å². The summed E-state index contributed by atoms with van der Waals surface area (Å²) in [5, 5.41) is 5.50. The minimum absolute atomic E-state index is 0.251. The number of hydrogen-bond donors (Lipinski definition) is 2. The Morgan fingerprint density at radius 2 is 1.95 bits per heavy atom. The van der Waals surface area contributed by atoms with Crippen LogP contribution in [0.25, 0.3) is 0 Å². The normalized spacial score (nSPS) is 11.0. The van der Waals surface area contributed by atoms with Crippen molar-refractivity contribution in [3.63, 3.8) is 0 Å². The Morgan fingerprint density at radius 1 is 1.27 bits per heavy atom. The van der Waals surface area contributed by atoms with Crippen molar-refractivity contribution in [3.05, 3.63) is 28.2 Å². The highest BCUT2D eigenvalue weighted by Crippen LogP contribution is 2.19. The third kappa shape index (κ3) is 7.45. The molecule has 1 aromatic carbocycles. The summed E-state index contributed by atoms with van der Waals surface area (Å²) in [6.07, 6.45) is 0.830. The highest BCUT2D eigenvalue weighted by molar-refractivity contribution is 9.10. The molecule has 0 unspecified atom stereocenters. The first-order valence-electron chi connectivity index (χ1n) is 7.20. The lowest BCUT2D eigenvalue weighted by molar-refractivity contribution is -0.154. The summed E-state index contributed by atoms with van der Waals surface area (Å²) < 4.78 is 6.16. The molecule has 0 aliphatic carbocycles. The van der Waals surface area contributed by atoms with Crippen LogP contribution < -0.4 is 10.6 Å². The van der Waals surface area contributed by atoms with E-state index < -0.39 is 5.60 Å². The Bertz CT molecular complexity index is 539. The van der Waals surface area contributed by atoms with Gasteiger partial charge >= 0.3 is 12.0 Å². The largest absolute Gasteiger partial charge is 0.460 e. The Morgan fingerprint density at radius 3 is 2.55 bits per heavy atom. The first kappa shape index (κ1) is 18.5. The highest BCUT2D eigenvalue weighted by atomic mass is 79.9. The van der Waals surface area contributed by atoms with Crippen LogP contribution in [0, 0.1) is 6.92 Å². The summed E-state index contributed by atoms with van der Waals surface area (Å²) in [5.41, 5.74) is 1.26. The topological polar surface area (TPSA) is 67.4 Å². The van der Waals surface area contributed by atoms with Crippen molar-refractivity contribution < 1.29 is 14.3 Å². The summed E-state index contributed by atoms with van der Waals surface area (Å²) in [6.45, 7) is 7.83. The van der Waals surface area contributed by atoms with E-state index >= 15 is 0 Å². The van der Waals surface area contributed by atoms with Gasteiger partial charge in [0.05, 0.1) is 0 Å². The second kappa shape index (κ2) is 8.17. The molecule has 1 aromatic rings. The molecule has 0 radical (unpaired) electrons. The van der Waals surface area contributed by atoms with Gasteiger partial charge in [-0.2, -0.15) is 0 Å². The van der Waals surface area contributed by atoms with Gasteiger partial charge in [-0.1, -0.05) is 15.9 Å². The van der Waals surface area contributed by atoms with E-state index in [0.717, 1.165) is 15.7 Å². The van der Waals surface area contributed by atoms with Crippen molar-refractivity contribution in [2.75, 3.05) is 11.9 Å². The van der Waals surface area contributed by atoms with Crippen LogP contribution in [0.4, 0.5) is 10.5 Å². The third-order valence-corrected chi connectivity index (χ3v) is 3.19. The number of rotatable bonds is 5. The van der Waals surface area contributed by atoms with Gasteiger partial charge in [-0.15, -0.1) is 0 Å². The fourth-order valence-corrected chi connectivity index (χ4v) is 2.24. The molecule has 6 heteroatoms. The molecular formula is C16H23BrN2O3. The summed E-state index contributed by atoms with van der Waals surface area (Å²) in [5.74, 6) is -0.251. The molecule has 0 aliphatic heterocycles. The van der Waals surface area contributed by atoms with E-state index in [9.17, 15) is 9.59 Å². The molecule has 0 saturated heterocycles. The second-order valence-corrected chi connectivity index (χ2v) is 6.95. The van der Waals surface area contributed by atoms with Crippen LogP contribution in [0.3, 0.4) is 0 Å². The molecule has 0 atom stereocenters. The van der Waals surface area contributed by atoms with Crippen LogP contribution in [0.2, 0.25) is 0 Å². The van der Waals surface area contributed by atoms with Crippen molar-refractivity contribution in [2.45, 2.75) is 46.1 Å². The van der Waals surface area contributed by atoms with E-state index in [2.05, 4.69) is 26.6 Å². The first-order valence-corrected chi connectivity index (χ1v) is 7.99. The number of aryl methyl sites for hydroxylation is 1. The molecule has 0 aliphatic rings. The SMILES string of the molecule is Cc1cc(Br)ccc1NC(=O)NCCCC(=O)OC(C)(C)C. The maximum Gasteiger partial charge on any atom is 0.319 e. The zero-order valence-electron chi connectivity index (χ0n) is 13.5. The lowest BCUT2D eigenvalue weighted by atomic mass is 10.2. The zero-order valence-corrected chi connectivity index (χ0v) is 15.0. The number of ether oxygens (including phenoxy) is 1. The van der Waals surface area contributed by atoms with E-state index in [4.69, 9.17) is 4.74 Å². The Balaban J connectivity index is 2.28. The van der Waals surface area contributed by atoms with Crippen molar-refractivity contribution in [2.24, 2.45) is 0 Å². The number of carbonyl (C=O) groups excluding carboxylic acids is 2. The lowest BCUT2D eigenvalue weighted by Gasteiger charge is -2.19. The number of benzene rings is 1. The van der Waals surface area contributed by atoms with Crippen molar-refractivity contribution in [1.29, 1.82) is 0 Å². The van der Waals surface area contributed by atoms with Gasteiger partial charge in [-0.05, 0) is 57.9 Å². The summed E-state index contributed by atoms with van der Waals surface area (Å²) in [4.78, 5) is 23.3. The number of anilines is 1. The molecular weight excluding hydrogens is 348 g/mol. The monoisotopic (exact) mass is 370 g/mol. The van der Waals surface area contributed by atoms with Crippen LogP contribution in [-0.4, -0.2) is 24.1 Å². The maximum atomic E-state index is 11.8. The van der Waals surface area contributed by atoms with Crippen LogP contribution >= 0.6 is 15.9 Å². The molecule has 0 heterocycles. The number of hydrogen-bond acceptors (Lipinski definition) is 3. The summed E-state index contributed by atoms with van der Waals surface area (Å²) in [7, 11) is 0. The van der Waals surface area contributed by atoms with Crippen LogP contribution in [0.1, 0.15) is 39.2 Å². The number of nitrogens with one attached hydrogen (secondary N) is 2. The van der Waals surface area contributed by atoms with Crippen LogP contribution in [0.15, 0.2) is 22.7 Å². The number of carbonyl (C=O) groups is 2. The van der Waals surface area contributed by atoms with Gasteiger partial charge < -0.3 is 15.4 Å². The number of amides is 2. The van der Waals surface area contributed by atoms with Crippen LogP contribution in [0.5, 0.6) is 0 Å². The Hall–Kier alpha value is -1.56. The first-order chi connectivity index (χ1) is 10.2. The van der Waals surface area contributed by atoms with E-state index in [1.807, 2.05) is 45.9 Å². The fraction of sp³-hybridized carbons (Fsp3) is 0.500. The van der Waals surface area contributed by atoms with Gasteiger partial charge in [-0.25, -0.2) is 4.79 Å². The van der Waals surface area contributed by atoms with E-state index in [1.165, 1.54) is 0 Å². The van der Waals surface area contributed by atoms with Crippen molar-refractivity contribution in [1.82, 2.24) is 5.32 Å². The smallest absolute Gasteiger partial charge is 0.319 e. The molecule has 122 valence electrons. The van der Waals surface area contributed by atoms with Crippen molar-refractivity contribution in [3.8, 4) is 0 Å². The molecule has 1 rings (SSSR count). The highest BCUT2D eigenvalue weighted by Gasteiger charge is 2.15. The molecule has 0 saturated carbocycles. The molecule has 0 spiro atoms. The van der Waals surface area contributed by atoms with E-state index in [1.54, 1.807) is 0 Å². The summed E-state index contributed by atoms with van der Waals surface area (Å²) >= 11 is 3.38. The molecule has 0 fully saturated rings. The Kier molecular flexibility index (Phi) is 6.87. The molecule has 5 nitrogen and oxygen atoms in total. The number of urea groups is 1. The van der Waals surface area contributed by atoms with E-state index in [0.29, 0.717) is 13.0 Å². The maximum absolute atomic E-state index is 11.8. The predicted octanol–water partition coefficient (Wildman–Crippen LogP) is 4.00. The molecule has 0 bridgehead atoms. The molecule has 22 heavy (non-hydrogen) atoms. The van der Waals surface area contributed by atoms with Gasteiger partial charge in [0.25, 0.3) is 0 Å².